The number of carbonyl (C=O) groups excluding carboxylic acids is 1. The second-order valence-corrected chi connectivity index (χ2v) is 4.77. The van der Waals surface area contributed by atoms with E-state index in [9.17, 15) is 18.8 Å². The maximum Gasteiger partial charge on any atom is 0.323 e. The Morgan fingerprint density at radius 2 is 1.65 bits per heavy atom. The van der Waals surface area contributed by atoms with Crippen molar-refractivity contribution in [2.24, 2.45) is 0 Å². The van der Waals surface area contributed by atoms with Gasteiger partial charge in [0.2, 0.25) is 5.91 Å². The third-order valence-electron chi connectivity index (χ3n) is 2.19. The summed E-state index contributed by atoms with van der Waals surface area (Å²) in [6.45, 7) is -1.41. The molecular weight excluding hydrogens is 289 g/mol. The zero-order chi connectivity index (χ0) is 15.1. The van der Waals surface area contributed by atoms with E-state index in [2.05, 4.69) is 0 Å². The maximum absolute atomic E-state index is 13.3. The highest BCUT2D eigenvalue weighted by Crippen LogP contribution is 2.21. The topological polar surface area (TPSA) is 94.9 Å². The molecule has 6 nitrogen and oxygen atoms in total. The molecule has 1 aromatic rings. The van der Waals surface area contributed by atoms with Crippen LogP contribution < -0.4 is 0 Å². The largest absolute Gasteiger partial charge is 0.480 e. The van der Waals surface area contributed by atoms with E-state index in [0.29, 0.717) is 4.90 Å². The summed E-state index contributed by atoms with van der Waals surface area (Å²) in [6, 6.07) is 5.82. The van der Waals surface area contributed by atoms with Crippen LogP contribution in [0.1, 0.15) is 0 Å². The van der Waals surface area contributed by atoms with Crippen LogP contribution in [0.4, 0.5) is 4.39 Å². The molecule has 2 N–H and O–H groups in total. The van der Waals surface area contributed by atoms with E-state index in [0.717, 1.165) is 11.8 Å². The van der Waals surface area contributed by atoms with Crippen LogP contribution in [0.15, 0.2) is 29.2 Å². The first-order valence-corrected chi connectivity index (χ1v) is 6.47. The highest BCUT2D eigenvalue weighted by molar-refractivity contribution is 8.00. The third kappa shape index (κ3) is 5.27. The van der Waals surface area contributed by atoms with E-state index >= 15 is 0 Å². The van der Waals surface area contributed by atoms with Gasteiger partial charge in [0.1, 0.15) is 18.9 Å². The van der Waals surface area contributed by atoms with Crippen molar-refractivity contribution in [1.82, 2.24) is 4.90 Å². The van der Waals surface area contributed by atoms with Crippen molar-refractivity contribution in [3.8, 4) is 0 Å². The van der Waals surface area contributed by atoms with Gasteiger partial charge in [-0.1, -0.05) is 12.1 Å². The van der Waals surface area contributed by atoms with Crippen LogP contribution in [0.25, 0.3) is 0 Å². The lowest BCUT2D eigenvalue weighted by Gasteiger charge is -2.18. The summed E-state index contributed by atoms with van der Waals surface area (Å²) in [5.74, 6) is -4.02. The molecule has 0 spiro atoms. The molecule has 0 atom stereocenters. The Balaban J connectivity index is 2.64. The molecule has 0 aliphatic carbocycles. The normalized spacial score (nSPS) is 10.1. The molecule has 0 saturated carbocycles. The Morgan fingerprint density at radius 1 is 1.10 bits per heavy atom. The minimum atomic E-state index is -1.31. The van der Waals surface area contributed by atoms with Crippen molar-refractivity contribution in [3.63, 3.8) is 0 Å². The maximum atomic E-state index is 13.3. The van der Waals surface area contributed by atoms with Crippen LogP contribution >= 0.6 is 11.8 Å². The molecule has 0 bridgehead atoms. The summed E-state index contributed by atoms with van der Waals surface area (Å²) in [5.41, 5.74) is 0. The van der Waals surface area contributed by atoms with Gasteiger partial charge in [-0.25, -0.2) is 4.39 Å². The lowest BCUT2D eigenvalue weighted by atomic mass is 10.3. The highest BCUT2D eigenvalue weighted by atomic mass is 32.2. The van der Waals surface area contributed by atoms with Gasteiger partial charge in [0.05, 0.1) is 5.75 Å². The highest BCUT2D eigenvalue weighted by Gasteiger charge is 2.20. The molecule has 0 heterocycles. The fraction of sp³-hybridized carbons (Fsp3) is 0.250. The van der Waals surface area contributed by atoms with Gasteiger partial charge in [-0.15, -0.1) is 11.8 Å². The van der Waals surface area contributed by atoms with E-state index < -0.39 is 36.8 Å². The number of aliphatic carboxylic acids is 2. The Morgan fingerprint density at radius 3 is 2.15 bits per heavy atom. The zero-order valence-corrected chi connectivity index (χ0v) is 11.1. The molecule has 0 unspecified atom stereocenters. The van der Waals surface area contributed by atoms with Gasteiger partial charge in [0.25, 0.3) is 0 Å². The number of carboxylic acids is 2. The van der Waals surface area contributed by atoms with Crippen molar-refractivity contribution < 1.29 is 29.0 Å². The van der Waals surface area contributed by atoms with Gasteiger partial charge in [-0.05, 0) is 12.1 Å². The Hall–Kier alpha value is -2.09. The molecule has 1 rings (SSSR count). The van der Waals surface area contributed by atoms with Crippen molar-refractivity contribution in [2.75, 3.05) is 18.8 Å². The summed E-state index contributed by atoms with van der Waals surface area (Å²) in [7, 11) is 0. The van der Waals surface area contributed by atoms with Crippen molar-refractivity contribution in [3.05, 3.63) is 30.1 Å². The van der Waals surface area contributed by atoms with Crippen molar-refractivity contribution >= 4 is 29.6 Å². The van der Waals surface area contributed by atoms with E-state index in [-0.39, 0.29) is 10.6 Å². The first kappa shape index (κ1) is 16.0. The number of nitrogens with zero attached hydrogens (tertiary/aromatic N) is 1. The van der Waals surface area contributed by atoms with Gasteiger partial charge in [-0.3, -0.25) is 14.4 Å². The summed E-state index contributed by atoms with van der Waals surface area (Å²) in [4.78, 5) is 33.8. The van der Waals surface area contributed by atoms with Gasteiger partial charge in [0, 0.05) is 4.90 Å². The fourth-order valence-electron chi connectivity index (χ4n) is 1.35. The average molecular weight is 301 g/mol. The van der Waals surface area contributed by atoms with Crippen molar-refractivity contribution in [1.29, 1.82) is 0 Å². The number of amides is 1. The predicted molar refractivity (Wildman–Crippen MR) is 69.0 cm³/mol. The van der Waals surface area contributed by atoms with E-state index in [4.69, 9.17) is 10.2 Å². The first-order chi connectivity index (χ1) is 9.40. The molecule has 8 heteroatoms. The number of rotatable bonds is 7. The number of carbonyl (C=O) groups is 3. The van der Waals surface area contributed by atoms with Crippen LogP contribution in [0, 0.1) is 5.82 Å². The second kappa shape index (κ2) is 7.49. The van der Waals surface area contributed by atoms with Crippen LogP contribution in [0.3, 0.4) is 0 Å². The van der Waals surface area contributed by atoms with Crippen molar-refractivity contribution in [2.45, 2.75) is 4.90 Å². The molecule has 0 aliphatic heterocycles. The van der Waals surface area contributed by atoms with Crippen LogP contribution in [-0.2, 0) is 14.4 Å². The average Bonchev–Trinajstić information content (AvgIpc) is 2.35. The molecular formula is C12H12FNO5S. The molecule has 20 heavy (non-hydrogen) atoms. The fourth-order valence-corrected chi connectivity index (χ4v) is 2.19. The summed E-state index contributed by atoms with van der Waals surface area (Å²) < 4.78 is 13.3. The number of halogens is 1. The van der Waals surface area contributed by atoms with E-state index in [1.807, 2.05) is 0 Å². The number of carboxylic acid groups (broad SMARTS) is 2. The molecule has 0 radical (unpaired) electrons. The standard InChI is InChI=1S/C12H12FNO5S/c13-8-3-1-2-4-9(8)20-7-10(15)14(5-11(16)17)6-12(18)19/h1-4H,5-7H2,(H,16,17)(H,18,19). The van der Waals surface area contributed by atoms with Crippen LogP contribution in [0.5, 0.6) is 0 Å². The minimum absolute atomic E-state index is 0.235. The lowest BCUT2D eigenvalue weighted by molar-refractivity contribution is -0.148. The summed E-state index contributed by atoms with van der Waals surface area (Å²) in [5, 5.41) is 17.2. The van der Waals surface area contributed by atoms with Crippen LogP contribution in [0.2, 0.25) is 0 Å². The second-order valence-electron chi connectivity index (χ2n) is 3.76. The molecule has 0 fully saturated rings. The van der Waals surface area contributed by atoms with E-state index in [1.54, 1.807) is 6.07 Å². The Bertz CT molecular complexity index is 506. The SMILES string of the molecule is O=C(O)CN(CC(=O)O)C(=O)CSc1ccccc1F. The molecule has 1 amide bonds. The molecule has 0 saturated heterocycles. The van der Waals surface area contributed by atoms with Gasteiger partial charge in [0.15, 0.2) is 0 Å². The first-order valence-electron chi connectivity index (χ1n) is 5.49. The monoisotopic (exact) mass is 301 g/mol. The molecule has 0 aromatic heterocycles. The Kier molecular flexibility index (Phi) is 5.98. The van der Waals surface area contributed by atoms with E-state index in [1.165, 1.54) is 18.2 Å². The number of hydrogen-bond donors (Lipinski definition) is 2. The number of benzene rings is 1. The summed E-state index contributed by atoms with van der Waals surface area (Å²) >= 11 is 0.886. The molecule has 0 aliphatic rings. The minimum Gasteiger partial charge on any atom is -0.480 e. The van der Waals surface area contributed by atoms with Crippen LogP contribution in [-0.4, -0.2) is 51.8 Å². The molecule has 108 valence electrons. The number of hydrogen-bond acceptors (Lipinski definition) is 4. The summed E-state index contributed by atoms with van der Waals surface area (Å²) in [6.07, 6.45) is 0. The smallest absolute Gasteiger partial charge is 0.323 e. The van der Waals surface area contributed by atoms with Gasteiger partial charge >= 0.3 is 11.9 Å². The molecule has 1 aromatic carbocycles. The van der Waals surface area contributed by atoms with Gasteiger partial charge in [-0.2, -0.15) is 0 Å². The quantitative estimate of drug-likeness (QED) is 0.727. The number of thioether (sulfide) groups is 1. The third-order valence-corrected chi connectivity index (χ3v) is 3.23. The van der Waals surface area contributed by atoms with Gasteiger partial charge < -0.3 is 15.1 Å². The lowest BCUT2D eigenvalue weighted by Crippen LogP contribution is -2.40. The Labute approximate surface area is 118 Å². The zero-order valence-electron chi connectivity index (χ0n) is 10.3. The predicted octanol–water partition coefficient (Wildman–Crippen LogP) is 0.916.